The summed E-state index contributed by atoms with van der Waals surface area (Å²) in [6, 6.07) is 7.07. The second-order valence-corrected chi connectivity index (χ2v) is 4.16. The summed E-state index contributed by atoms with van der Waals surface area (Å²) in [5.74, 6) is -0.577. The molecule has 0 aliphatic heterocycles. The van der Waals surface area contributed by atoms with Crippen molar-refractivity contribution in [3.63, 3.8) is 0 Å². The van der Waals surface area contributed by atoms with E-state index in [2.05, 4.69) is 0 Å². The number of likely N-dealkylation sites (N-methyl/N-ethyl adjacent to an activating group) is 1. The van der Waals surface area contributed by atoms with Crippen LogP contribution in [0.2, 0.25) is 0 Å². The van der Waals surface area contributed by atoms with Crippen molar-refractivity contribution < 1.29 is 19.4 Å². The lowest BCUT2D eigenvalue weighted by Crippen LogP contribution is -2.22. The van der Waals surface area contributed by atoms with E-state index in [0.717, 1.165) is 0 Å². The van der Waals surface area contributed by atoms with Crippen molar-refractivity contribution in [2.24, 2.45) is 0 Å². The summed E-state index contributed by atoms with van der Waals surface area (Å²) in [6.45, 7) is 0.853. The number of hydrogen-bond acceptors (Lipinski definition) is 4. The van der Waals surface area contributed by atoms with Gasteiger partial charge in [0, 0.05) is 11.9 Å². The average Bonchev–Trinajstić information content (AvgIpc) is 2.66. The molecule has 0 fully saturated rings. The van der Waals surface area contributed by atoms with Crippen LogP contribution in [0.4, 0.5) is 0 Å². The highest BCUT2D eigenvalue weighted by molar-refractivity contribution is 6.03. The van der Waals surface area contributed by atoms with Gasteiger partial charge in [-0.25, -0.2) is 4.79 Å². The molecule has 0 atom stereocenters. The van der Waals surface area contributed by atoms with E-state index in [4.69, 9.17) is 9.52 Å². The van der Waals surface area contributed by atoms with Gasteiger partial charge in [-0.3, -0.25) is 4.90 Å². The van der Waals surface area contributed by atoms with Gasteiger partial charge in [0.1, 0.15) is 16.9 Å². The van der Waals surface area contributed by atoms with Crippen LogP contribution in [-0.2, 0) is 6.54 Å². The average molecular weight is 249 g/mol. The molecule has 2 rings (SSSR count). The highest BCUT2D eigenvalue weighted by atomic mass is 16.4. The first-order chi connectivity index (χ1) is 8.63. The number of carboxylic acids is 1. The van der Waals surface area contributed by atoms with Gasteiger partial charge in [0.15, 0.2) is 0 Å². The van der Waals surface area contributed by atoms with Crippen LogP contribution in [0.15, 0.2) is 28.7 Å². The number of aliphatic hydroxyl groups is 1. The summed E-state index contributed by atoms with van der Waals surface area (Å²) in [7, 11) is 1.80. The number of para-hydroxylation sites is 1. The molecule has 1 aromatic heterocycles. The van der Waals surface area contributed by atoms with Gasteiger partial charge >= 0.3 is 5.97 Å². The molecular weight excluding hydrogens is 234 g/mol. The van der Waals surface area contributed by atoms with E-state index in [9.17, 15) is 9.90 Å². The van der Waals surface area contributed by atoms with Crippen LogP contribution in [0, 0.1) is 0 Å². The molecule has 5 heteroatoms. The summed E-state index contributed by atoms with van der Waals surface area (Å²) >= 11 is 0. The molecule has 96 valence electrons. The lowest BCUT2D eigenvalue weighted by Gasteiger charge is -2.13. The van der Waals surface area contributed by atoms with Gasteiger partial charge in [-0.15, -0.1) is 0 Å². The summed E-state index contributed by atoms with van der Waals surface area (Å²) in [4.78, 5) is 13.1. The summed E-state index contributed by atoms with van der Waals surface area (Å²) in [6.07, 6.45) is 0. The van der Waals surface area contributed by atoms with Gasteiger partial charge in [-0.2, -0.15) is 0 Å². The fraction of sp³-hybridized carbons (Fsp3) is 0.308. The van der Waals surface area contributed by atoms with Crippen molar-refractivity contribution in [3.8, 4) is 0 Å². The van der Waals surface area contributed by atoms with Gasteiger partial charge in [0.25, 0.3) is 0 Å². The third kappa shape index (κ3) is 2.37. The van der Waals surface area contributed by atoms with Crippen LogP contribution in [0.25, 0.3) is 11.0 Å². The molecule has 18 heavy (non-hydrogen) atoms. The van der Waals surface area contributed by atoms with Crippen LogP contribution in [0.1, 0.15) is 16.1 Å². The number of hydrogen-bond donors (Lipinski definition) is 2. The molecule has 2 N–H and O–H groups in total. The maximum absolute atomic E-state index is 11.3. The smallest absolute Gasteiger partial charge is 0.339 e. The highest BCUT2D eigenvalue weighted by Crippen LogP contribution is 2.26. The lowest BCUT2D eigenvalue weighted by molar-refractivity contribution is 0.0694. The fourth-order valence-electron chi connectivity index (χ4n) is 1.94. The monoisotopic (exact) mass is 249 g/mol. The Labute approximate surface area is 104 Å². The number of rotatable bonds is 5. The van der Waals surface area contributed by atoms with Crippen LogP contribution >= 0.6 is 0 Å². The zero-order chi connectivity index (χ0) is 13.1. The minimum atomic E-state index is -0.993. The van der Waals surface area contributed by atoms with E-state index in [-0.39, 0.29) is 12.2 Å². The second kappa shape index (κ2) is 5.20. The molecule has 0 aliphatic carbocycles. The van der Waals surface area contributed by atoms with Gasteiger partial charge in [-0.1, -0.05) is 18.2 Å². The molecule has 5 nitrogen and oxygen atoms in total. The zero-order valence-electron chi connectivity index (χ0n) is 10.1. The van der Waals surface area contributed by atoms with Crippen LogP contribution in [0.5, 0.6) is 0 Å². The van der Waals surface area contributed by atoms with Crippen molar-refractivity contribution >= 4 is 16.9 Å². The minimum Gasteiger partial charge on any atom is -0.478 e. The number of aromatic carboxylic acids is 1. The molecule has 0 aliphatic rings. The molecule has 0 amide bonds. The SMILES string of the molecule is CN(CCO)Cc1oc2ccccc2c1C(=O)O. The van der Waals surface area contributed by atoms with E-state index in [1.54, 1.807) is 31.3 Å². The Morgan fingerprint density at radius 1 is 1.39 bits per heavy atom. The Hall–Kier alpha value is -1.85. The second-order valence-electron chi connectivity index (χ2n) is 4.16. The summed E-state index contributed by atoms with van der Waals surface area (Å²) in [5.41, 5.74) is 0.776. The highest BCUT2D eigenvalue weighted by Gasteiger charge is 2.20. The summed E-state index contributed by atoms with van der Waals surface area (Å²) < 4.78 is 5.57. The number of aliphatic hydroxyl groups excluding tert-OH is 1. The minimum absolute atomic E-state index is 0.0269. The Bertz CT molecular complexity index is 561. The van der Waals surface area contributed by atoms with Crippen molar-refractivity contribution in [3.05, 3.63) is 35.6 Å². The standard InChI is InChI=1S/C13H15NO4/c1-14(6-7-15)8-11-12(13(16)17)9-4-2-3-5-10(9)18-11/h2-5,15H,6-8H2,1H3,(H,16,17). The molecule has 0 bridgehead atoms. The number of furan rings is 1. The third-order valence-electron chi connectivity index (χ3n) is 2.78. The maximum atomic E-state index is 11.3. The van der Waals surface area contributed by atoms with E-state index < -0.39 is 5.97 Å². The molecule has 1 heterocycles. The predicted octanol–water partition coefficient (Wildman–Crippen LogP) is 1.56. The van der Waals surface area contributed by atoms with Crippen molar-refractivity contribution in [1.82, 2.24) is 4.90 Å². The first-order valence-electron chi connectivity index (χ1n) is 5.66. The Balaban J connectivity index is 2.43. The van der Waals surface area contributed by atoms with Crippen molar-refractivity contribution in [2.75, 3.05) is 20.2 Å². The normalized spacial score (nSPS) is 11.3. The van der Waals surface area contributed by atoms with Gasteiger partial charge in [0.05, 0.1) is 13.2 Å². The van der Waals surface area contributed by atoms with Gasteiger partial charge in [-0.05, 0) is 13.1 Å². The molecule has 2 aromatic rings. The molecular formula is C13H15NO4. The van der Waals surface area contributed by atoms with Gasteiger partial charge in [0.2, 0.25) is 0 Å². The Morgan fingerprint density at radius 3 is 2.78 bits per heavy atom. The number of benzene rings is 1. The topological polar surface area (TPSA) is 73.9 Å². The molecule has 1 aromatic carbocycles. The molecule has 0 spiro atoms. The van der Waals surface area contributed by atoms with Crippen LogP contribution < -0.4 is 0 Å². The van der Waals surface area contributed by atoms with Gasteiger partial charge < -0.3 is 14.6 Å². The number of fused-ring (bicyclic) bond motifs is 1. The molecule has 0 saturated carbocycles. The van der Waals surface area contributed by atoms with E-state index in [1.807, 2.05) is 4.90 Å². The Morgan fingerprint density at radius 2 is 2.11 bits per heavy atom. The number of carboxylic acid groups (broad SMARTS) is 1. The quantitative estimate of drug-likeness (QED) is 0.841. The maximum Gasteiger partial charge on any atom is 0.339 e. The Kier molecular flexibility index (Phi) is 3.64. The van der Waals surface area contributed by atoms with E-state index in [0.29, 0.717) is 29.8 Å². The van der Waals surface area contributed by atoms with Crippen LogP contribution in [0.3, 0.4) is 0 Å². The number of nitrogens with zero attached hydrogens (tertiary/aromatic N) is 1. The fourth-order valence-corrected chi connectivity index (χ4v) is 1.94. The zero-order valence-corrected chi connectivity index (χ0v) is 10.1. The first kappa shape index (κ1) is 12.6. The van der Waals surface area contributed by atoms with Crippen LogP contribution in [-0.4, -0.2) is 41.3 Å². The lowest BCUT2D eigenvalue weighted by atomic mass is 10.1. The van der Waals surface area contributed by atoms with Crippen molar-refractivity contribution in [2.45, 2.75) is 6.54 Å². The van der Waals surface area contributed by atoms with Crippen molar-refractivity contribution in [1.29, 1.82) is 0 Å². The molecule has 0 unspecified atom stereocenters. The molecule has 0 saturated heterocycles. The van der Waals surface area contributed by atoms with E-state index in [1.165, 1.54) is 0 Å². The summed E-state index contributed by atoms with van der Waals surface area (Å²) in [5, 5.41) is 18.7. The molecule has 0 radical (unpaired) electrons. The third-order valence-corrected chi connectivity index (χ3v) is 2.78. The number of carbonyl (C=O) groups is 1. The first-order valence-corrected chi connectivity index (χ1v) is 5.66. The van der Waals surface area contributed by atoms with E-state index >= 15 is 0 Å². The largest absolute Gasteiger partial charge is 0.478 e. The predicted molar refractivity (Wildman–Crippen MR) is 66.6 cm³/mol.